The quantitative estimate of drug-likeness (QED) is 0.909. The Morgan fingerprint density at radius 2 is 2.00 bits per heavy atom. The van der Waals surface area contributed by atoms with Gasteiger partial charge in [0.15, 0.2) is 0 Å². The van der Waals surface area contributed by atoms with Gasteiger partial charge in [0.2, 0.25) is 0 Å². The molecule has 1 aliphatic heterocycles. The Hall–Kier alpha value is -1.85. The molecule has 1 aromatic heterocycles. The number of methoxy groups -OCH3 is 1. The lowest BCUT2D eigenvalue weighted by Gasteiger charge is -2.36. The van der Waals surface area contributed by atoms with Gasteiger partial charge in [0.25, 0.3) is 0 Å². The average Bonchev–Trinajstić information content (AvgIpc) is 3.10. The van der Waals surface area contributed by atoms with Gasteiger partial charge in [0.1, 0.15) is 5.75 Å². The van der Waals surface area contributed by atoms with Gasteiger partial charge in [-0.15, -0.1) is 11.3 Å². The second-order valence-corrected chi connectivity index (χ2v) is 6.79. The first-order chi connectivity index (χ1) is 11.2. The van der Waals surface area contributed by atoms with E-state index in [1.807, 2.05) is 18.2 Å². The number of ether oxygens (including phenoxy) is 1. The summed E-state index contributed by atoms with van der Waals surface area (Å²) < 4.78 is 5.56. The Labute approximate surface area is 140 Å². The number of carbonyl (C=O) groups is 1. The third kappa shape index (κ3) is 3.41. The minimum Gasteiger partial charge on any atom is -0.496 e. The summed E-state index contributed by atoms with van der Waals surface area (Å²) in [7, 11) is 1.70. The normalized spacial score (nSPS) is 17.8. The van der Waals surface area contributed by atoms with Gasteiger partial charge in [-0.05, 0) is 43.4 Å². The number of carboxylic acid groups (broad SMARTS) is 1. The number of piperidine rings is 1. The minimum absolute atomic E-state index is 0.126. The van der Waals surface area contributed by atoms with Crippen molar-refractivity contribution in [3.05, 3.63) is 52.2 Å². The molecule has 23 heavy (non-hydrogen) atoms. The Morgan fingerprint density at radius 3 is 2.61 bits per heavy atom. The molecule has 0 bridgehead atoms. The molecular formula is C18H21NO3S. The van der Waals surface area contributed by atoms with Crippen molar-refractivity contribution in [3.8, 4) is 5.75 Å². The van der Waals surface area contributed by atoms with E-state index < -0.39 is 5.97 Å². The van der Waals surface area contributed by atoms with Crippen LogP contribution in [-0.2, 0) is 4.79 Å². The highest BCUT2D eigenvalue weighted by Gasteiger charge is 2.31. The van der Waals surface area contributed by atoms with Gasteiger partial charge < -0.3 is 9.84 Å². The molecule has 1 aromatic carbocycles. The maximum atomic E-state index is 11.2. The molecule has 1 unspecified atom stereocenters. The predicted molar refractivity (Wildman–Crippen MR) is 91.1 cm³/mol. The van der Waals surface area contributed by atoms with E-state index in [-0.39, 0.29) is 12.0 Å². The molecule has 122 valence electrons. The SMILES string of the molecule is COc1ccccc1C(c1cccs1)N1CCC(C(=O)O)CC1. The first kappa shape index (κ1) is 16.0. The van der Waals surface area contributed by atoms with E-state index >= 15 is 0 Å². The van der Waals surface area contributed by atoms with Crippen LogP contribution in [0.25, 0.3) is 0 Å². The first-order valence-corrected chi connectivity index (χ1v) is 8.72. The zero-order valence-electron chi connectivity index (χ0n) is 13.1. The molecule has 0 saturated carbocycles. The van der Waals surface area contributed by atoms with E-state index in [9.17, 15) is 9.90 Å². The number of likely N-dealkylation sites (tertiary alicyclic amines) is 1. The molecule has 2 aromatic rings. The molecule has 4 nitrogen and oxygen atoms in total. The summed E-state index contributed by atoms with van der Waals surface area (Å²) in [5.41, 5.74) is 1.14. The maximum Gasteiger partial charge on any atom is 0.306 e. The number of rotatable bonds is 5. The van der Waals surface area contributed by atoms with Crippen LogP contribution in [0.15, 0.2) is 41.8 Å². The van der Waals surface area contributed by atoms with Crippen LogP contribution in [-0.4, -0.2) is 36.2 Å². The van der Waals surface area contributed by atoms with Crippen molar-refractivity contribution in [1.82, 2.24) is 4.90 Å². The zero-order valence-corrected chi connectivity index (χ0v) is 14.0. The molecule has 1 fully saturated rings. The Bertz CT molecular complexity index is 648. The van der Waals surface area contributed by atoms with Crippen LogP contribution in [0.1, 0.15) is 29.3 Å². The smallest absolute Gasteiger partial charge is 0.306 e. The molecule has 0 amide bonds. The number of hydrogen-bond donors (Lipinski definition) is 1. The lowest BCUT2D eigenvalue weighted by Crippen LogP contribution is -2.39. The van der Waals surface area contributed by atoms with Crippen LogP contribution in [0.2, 0.25) is 0 Å². The highest BCUT2D eigenvalue weighted by atomic mass is 32.1. The second-order valence-electron chi connectivity index (χ2n) is 5.81. The van der Waals surface area contributed by atoms with E-state index in [1.165, 1.54) is 4.88 Å². The summed E-state index contributed by atoms with van der Waals surface area (Å²) in [5.74, 6) is -0.00576. The topological polar surface area (TPSA) is 49.8 Å². The fourth-order valence-corrected chi connectivity index (χ4v) is 4.15. The minimum atomic E-state index is -0.672. The van der Waals surface area contributed by atoms with Crippen molar-refractivity contribution < 1.29 is 14.6 Å². The lowest BCUT2D eigenvalue weighted by atomic mass is 9.93. The molecule has 5 heteroatoms. The molecule has 2 heterocycles. The Morgan fingerprint density at radius 1 is 1.26 bits per heavy atom. The third-order valence-electron chi connectivity index (χ3n) is 4.49. The van der Waals surface area contributed by atoms with Gasteiger partial charge in [0.05, 0.1) is 19.1 Å². The lowest BCUT2D eigenvalue weighted by molar-refractivity contribution is -0.143. The number of para-hydroxylation sites is 1. The van der Waals surface area contributed by atoms with E-state index in [4.69, 9.17) is 4.74 Å². The largest absolute Gasteiger partial charge is 0.496 e. The van der Waals surface area contributed by atoms with Crippen LogP contribution >= 0.6 is 11.3 Å². The molecule has 1 aliphatic rings. The Kier molecular flexibility index (Phi) is 4.98. The molecule has 0 radical (unpaired) electrons. The van der Waals surface area contributed by atoms with Crippen LogP contribution in [0.3, 0.4) is 0 Å². The van der Waals surface area contributed by atoms with Crippen LogP contribution in [0, 0.1) is 5.92 Å². The standard InChI is InChI=1S/C18H21NO3S/c1-22-15-6-3-2-5-14(15)17(16-7-4-12-23-16)19-10-8-13(9-11-19)18(20)21/h2-7,12-13,17H,8-11H2,1H3,(H,20,21). The van der Waals surface area contributed by atoms with Crippen molar-refractivity contribution in [1.29, 1.82) is 0 Å². The van der Waals surface area contributed by atoms with Gasteiger partial charge in [-0.1, -0.05) is 24.3 Å². The van der Waals surface area contributed by atoms with Crippen molar-refractivity contribution in [3.63, 3.8) is 0 Å². The van der Waals surface area contributed by atoms with Crippen LogP contribution in [0.4, 0.5) is 0 Å². The van der Waals surface area contributed by atoms with Crippen molar-refractivity contribution in [2.75, 3.05) is 20.2 Å². The van der Waals surface area contributed by atoms with Crippen molar-refractivity contribution in [2.45, 2.75) is 18.9 Å². The summed E-state index contributed by atoms with van der Waals surface area (Å²) in [4.78, 5) is 14.8. The molecule has 1 N–H and O–H groups in total. The average molecular weight is 331 g/mol. The van der Waals surface area contributed by atoms with E-state index in [0.717, 1.165) is 24.4 Å². The molecule has 1 saturated heterocycles. The van der Waals surface area contributed by atoms with E-state index in [2.05, 4.69) is 28.5 Å². The molecular weight excluding hydrogens is 310 g/mol. The monoisotopic (exact) mass is 331 g/mol. The molecule has 0 aliphatic carbocycles. The number of benzene rings is 1. The number of nitrogens with zero attached hydrogens (tertiary/aromatic N) is 1. The first-order valence-electron chi connectivity index (χ1n) is 7.84. The highest BCUT2D eigenvalue weighted by Crippen LogP contribution is 2.38. The predicted octanol–water partition coefficient (Wildman–Crippen LogP) is 3.64. The fourth-order valence-electron chi connectivity index (χ4n) is 3.27. The van der Waals surface area contributed by atoms with Crippen LogP contribution < -0.4 is 4.74 Å². The number of thiophene rings is 1. The summed E-state index contributed by atoms with van der Waals surface area (Å²) in [6.45, 7) is 1.58. The maximum absolute atomic E-state index is 11.2. The van der Waals surface area contributed by atoms with Gasteiger partial charge >= 0.3 is 5.97 Å². The molecule has 0 spiro atoms. The second kappa shape index (κ2) is 7.15. The molecule has 3 rings (SSSR count). The van der Waals surface area contributed by atoms with Gasteiger partial charge in [-0.2, -0.15) is 0 Å². The van der Waals surface area contributed by atoms with E-state index in [0.29, 0.717) is 12.8 Å². The number of hydrogen-bond acceptors (Lipinski definition) is 4. The van der Waals surface area contributed by atoms with Crippen molar-refractivity contribution in [2.24, 2.45) is 5.92 Å². The summed E-state index contributed by atoms with van der Waals surface area (Å²) in [5, 5.41) is 11.3. The van der Waals surface area contributed by atoms with Gasteiger partial charge in [-0.25, -0.2) is 0 Å². The Balaban J connectivity index is 1.90. The molecule has 1 atom stereocenters. The number of carboxylic acids is 1. The van der Waals surface area contributed by atoms with E-state index in [1.54, 1.807) is 18.4 Å². The summed E-state index contributed by atoms with van der Waals surface area (Å²) >= 11 is 1.73. The van der Waals surface area contributed by atoms with Gasteiger partial charge in [0, 0.05) is 10.4 Å². The van der Waals surface area contributed by atoms with Crippen molar-refractivity contribution >= 4 is 17.3 Å². The third-order valence-corrected chi connectivity index (χ3v) is 5.41. The summed E-state index contributed by atoms with van der Waals surface area (Å²) in [6, 6.07) is 12.4. The summed E-state index contributed by atoms with van der Waals surface area (Å²) in [6.07, 6.45) is 1.40. The fraction of sp³-hybridized carbons (Fsp3) is 0.389. The number of aliphatic carboxylic acids is 1. The highest BCUT2D eigenvalue weighted by molar-refractivity contribution is 7.10. The van der Waals surface area contributed by atoms with Gasteiger partial charge in [-0.3, -0.25) is 9.69 Å². The van der Waals surface area contributed by atoms with Crippen LogP contribution in [0.5, 0.6) is 5.75 Å². The zero-order chi connectivity index (χ0) is 16.2.